The van der Waals surface area contributed by atoms with E-state index < -0.39 is 11.4 Å². The molecular formula is C14H33N3O3. The van der Waals surface area contributed by atoms with Gasteiger partial charge in [0.15, 0.2) is 0 Å². The van der Waals surface area contributed by atoms with Crippen LogP contribution in [0.2, 0.25) is 0 Å². The van der Waals surface area contributed by atoms with Gasteiger partial charge in [-0.2, -0.15) is 0 Å². The summed E-state index contributed by atoms with van der Waals surface area (Å²) in [7, 11) is 11.6. The number of hydrogen-bond donors (Lipinski definition) is 3. The predicted molar refractivity (Wildman–Crippen MR) is 81.3 cm³/mol. The Morgan fingerprint density at radius 3 is 1.00 bits per heavy atom. The van der Waals surface area contributed by atoms with Crippen LogP contribution in [0.3, 0.4) is 0 Å². The Balaban J connectivity index is 5.06. The van der Waals surface area contributed by atoms with Gasteiger partial charge in [0.2, 0.25) is 0 Å². The van der Waals surface area contributed by atoms with Crippen LogP contribution in [-0.2, 0) is 0 Å². The average molecular weight is 291 g/mol. The van der Waals surface area contributed by atoms with Crippen molar-refractivity contribution < 1.29 is 15.3 Å². The average Bonchev–Trinajstić information content (AvgIpc) is 2.25. The van der Waals surface area contributed by atoms with Crippen molar-refractivity contribution in [3.8, 4) is 0 Å². The normalized spacial score (nSPS) is 13.8. The first-order chi connectivity index (χ1) is 9.00. The fourth-order valence-electron chi connectivity index (χ4n) is 2.19. The molecule has 3 N–H and O–H groups in total. The molecule has 0 atom stereocenters. The first-order valence-corrected chi connectivity index (χ1v) is 7.11. The van der Waals surface area contributed by atoms with Crippen LogP contribution >= 0.6 is 0 Å². The van der Waals surface area contributed by atoms with Gasteiger partial charge in [0.25, 0.3) is 5.97 Å². The minimum Gasteiger partial charge on any atom is -0.343 e. The van der Waals surface area contributed by atoms with Crippen molar-refractivity contribution >= 4 is 0 Å². The van der Waals surface area contributed by atoms with Gasteiger partial charge in [-0.05, 0) is 81.2 Å². The van der Waals surface area contributed by atoms with Crippen molar-refractivity contribution in [3.05, 3.63) is 0 Å². The Morgan fingerprint density at radius 1 is 0.600 bits per heavy atom. The zero-order valence-electron chi connectivity index (χ0n) is 13.9. The van der Waals surface area contributed by atoms with Crippen molar-refractivity contribution in [2.24, 2.45) is 5.41 Å². The lowest BCUT2D eigenvalue weighted by Crippen LogP contribution is -2.52. The Hall–Kier alpha value is -0.240. The van der Waals surface area contributed by atoms with Crippen LogP contribution in [0.25, 0.3) is 0 Å². The van der Waals surface area contributed by atoms with E-state index in [2.05, 4.69) is 0 Å². The molecule has 0 heterocycles. The fraction of sp³-hybridized carbons (Fsp3) is 1.00. The first kappa shape index (κ1) is 19.8. The molecule has 0 aliphatic carbocycles. The summed E-state index contributed by atoms with van der Waals surface area (Å²) in [5.41, 5.74) is -0.925. The minimum atomic E-state index is -2.66. The molecule has 0 saturated heterocycles. The Kier molecular flexibility index (Phi) is 8.16. The highest BCUT2D eigenvalue weighted by Gasteiger charge is 2.47. The molecular weight excluding hydrogens is 258 g/mol. The predicted octanol–water partition coefficient (Wildman–Crippen LogP) is -0.541. The Morgan fingerprint density at radius 2 is 0.850 bits per heavy atom. The fourth-order valence-corrected chi connectivity index (χ4v) is 2.19. The quantitative estimate of drug-likeness (QED) is 0.470. The third-order valence-corrected chi connectivity index (χ3v) is 3.82. The van der Waals surface area contributed by atoms with Crippen LogP contribution in [0.15, 0.2) is 0 Å². The van der Waals surface area contributed by atoms with E-state index >= 15 is 0 Å². The number of aliphatic hydroxyl groups is 3. The molecule has 0 aliphatic rings. The van der Waals surface area contributed by atoms with Crippen LogP contribution in [0, 0.1) is 5.41 Å². The van der Waals surface area contributed by atoms with E-state index in [-0.39, 0.29) is 0 Å². The SMILES string of the molecule is CN(C)CCC(CCN(C)C)(CCN(C)C)C(O)(O)O. The van der Waals surface area contributed by atoms with Gasteiger partial charge >= 0.3 is 0 Å². The monoisotopic (exact) mass is 291 g/mol. The van der Waals surface area contributed by atoms with Gasteiger partial charge in [0.05, 0.1) is 5.41 Å². The Bertz CT molecular complexity index is 232. The standard InChI is InChI=1S/C14H33N3O3/c1-15(2)10-7-13(14(18,19)20,8-11-16(3)4)9-12-17(5)6/h18-20H,7-12H2,1-6H3. The second-order valence-electron chi connectivity index (χ2n) is 6.58. The van der Waals surface area contributed by atoms with E-state index in [9.17, 15) is 15.3 Å². The molecule has 0 bridgehead atoms. The van der Waals surface area contributed by atoms with Gasteiger partial charge in [0, 0.05) is 0 Å². The molecule has 122 valence electrons. The molecule has 0 unspecified atom stereocenters. The largest absolute Gasteiger partial charge is 0.343 e. The lowest BCUT2D eigenvalue weighted by Gasteiger charge is -2.42. The van der Waals surface area contributed by atoms with Crippen LogP contribution < -0.4 is 0 Å². The summed E-state index contributed by atoms with van der Waals surface area (Å²) in [5.74, 6) is -2.66. The maximum atomic E-state index is 9.92. The van der Waals surface area contributed by atoms with Gasteiger partial charge in [-0.15, -0.1) is 0 Å². The van der Waals surface area contributed by atoms with Crippen LogP contribution in [0.1, 0.15) is 19.3 Å². The van der Waals surface area contributed by atoms with Crippen molar-refractivity contribution in [2.75, 3.05) is 61.9 Å². The van der Waals surface area contributed by atoms with Crippen molar-refractivity contribution in [3.63, 3.8) is 0 Å². The zero-order chi connectivity index (χ0) is 16.0. The molecule has 6 nitrogen and oxygen atoms in total. The molecule has 0 amide bonds. The molecule has 6 heteroatoms. The molecule has 0 fully saturated rings. The smallest absolute Gasteiger partial charge is 0.281 e. The maximum absolute atomic E-state index is 9.92. The van der Waals surface area contributed by atoms with Gasteiger partial charge < -0.3 is 30.0 Å². The van der Waals surface area contributed by atoms with Crippen molar-refractivity contribution in [2.45, 2.75) is 25.2 Å². The summed E-state index contributed by atoms with van der Waals surface area (Å²) >= 11 is 0. The molecule has 0 radical (unpaired) electrons. The number of nitrogens with zero attached hydrogens (tertiary/aromatic N) is 3. The van der Waals surface area contributed by atoms with E-state index in [1.165, 1.54) is 0 Å². The van der Waals surface area contributed by atoms with Gasteiger partial charge in [-0.1, -0.05) is 0 Å². The summed E-state index contributed by atoms with van der Waals surface area (Å²) in [6.07, 6.45) is 1.60. The molecule has 0 aromatic rings. The third-order valence-electron chi connectivity index (χ3n) is 3.82. The summed E-state index contributed by atoms with van der Waals surface area (Å²) in [4.78, 5) is 5.98. The zero-order valence-corrected chi connectivity index (χ0v) is 13.9. The lowest BCUT2D eigenvalue weighted by molar-refractivity contribution is -0.379. The van der Waals surface area contributed by atoms with Crippen LogP contribution in [0.4, 0.5) is 0 Å². The second-order valence-corrected chi connectivity index (χ2v) is 6.58. The molecule has 0 aromatic heterocycles. The highest BCUT2D eigenvalue weighted by atomic mass is 16.7. The second kappa shape index (κ2) is 8.26. The van der Waals surface area contributed by atoms with Crippen LogP contribution in [0.5, 0.6) is 0 Å². The van der Waals surface area contributed by atoms with E-state index in [1.807, 2.05) is 57.0 Å². The molecule has 20 heavy (non-hydrogen) atoms. The van der Waals surface area contributed by atoms with E-state index in [0.29, 0.717) is 38.9 Å². The third kappa shape index (κ3) is 6.97. The highest BCUT2D eigenvalue weighted by molar-refractivity contribution is 4.87. The van der Waals surface area contributed by atoms with E-state index in [4.69, 9.17) is 0 Å². The van der Waals surface area contributed by atoms with E-state index in [0.717, 1.165) is 0 Å². The van der Waals surface area contributed by atoms with E-state index in [1.54, 1.807) is 0 Å². The van der Waals surface area contributed by atoms with Crippen molar-refractivity contribution in [1.29, 1.82) is 0 Å². The summed E-state index contributed by atoms with van der Waals surface area (Å²) in [5, 5.41) is 29.8. The minimum absolute atomic E-state index is 0.533. The summed E-state index contributed by atoms with van der Waals surface area (Å²) in [6.45, 7) is 2.10. The topological polar surface area (TPSA) is 70.4 Å². The van der Waals surface area contributed by atoms with Crippen molar-refractivity contribution in [1.82, 2.24) is 14.7 Å². The number of rotatable bonds is 10. The first-order valence-electron chi connectivity index (χ1n) is 7.11. The molecule has 0 aliphatic heterocycles. The van der Waals surface area contributed by atoms with Crippen LogP contribution in [-0.4, -0.2) is 97.9 Å². The molecule has 0 rings (SSSR count). The number of hydrogen-bond acceptors (Lipinski definition) is 6. The van der Waals surface area contributed by atoms with Gasteiger partial charge in [-0.25, -0.2) is 0 Å². The maximum Gasteiger partial charge on any atom is 0.281 e. The Labute approximate surface area is 123 Å². The van der Waals surface area contributed by atoms with Gasteiger partial charge in [-0.3, -0.25) is 0 Å². The summed E-state index contributed by atoms with van der Waals surface area (Å²) in [6, 6.07) is 0. The highest BCUT2D eigenvalue weighted by Crippen LogP contribution is 2.39. The molecule has 0 spiro atoms. The molecule has 0 saturated carbocycles. The molecule has 0 aromatic carbocycles. The summed E-state index contributed by atoms with van der Waals surface area (Å²) < 4.78 is 0. The lowest BCUT2D eigenvalue weighted by atomic mass is 9.75. The van der Waals surface area contributed by atoms with Gasteiger partial charge in [0.1, 0.15) is 0 Å².